The van der Waals surface area contributed by atoms with E-state index in [2.05, 4.69) is 10.3 Å². The van der Waals surface area contributed by atoms with Crippen molar-refractivity contribution in [1.82, 2.24) is 10.3 Å². The number of pyridine rings is 1. The minimum Gasteiger partial charge on any atom is -0.345 e. The number of nitrogens with zero attached hydrogens (tertiary/aromatic N) is 2. The van der Waals surface area contributed by atoms with Gasteiger partial charge >= 0.3 is 0 Å². The summed E-state index contributed by atoms with van der Waals surface area (Å²) in [5.41, 5.74) is 0.749. The van der Waals surface area contributed by atoms with Crippen molar-refractivity contribution in [1.29, 1.82) is 0 Å². The molecule has 1 aliphatic rings. The van der Waals surface area contributed by atoms with Crippen LogP contribution in [0.3, 0.4) is 0 Å². The van der Waals surface area contributed by atoms with Crippen LogP contribution in [0.15, 0.2) is 36.7 Å². The number of piperazine rings is 1. The third-order valence-electron chi connectivity index (χ3n) is 3.78. The fourth-order valence-electron chi connectivity index (χ4n) is 2.82. The van der Waals surface area contributed by atoms with Gasteiger partial charge in [-0.1, -0.05) is 26.0 Å². The normalized spacial score (nSPS) is 19.2. The van der Waals surface area contributed by atoms with Crippen LogP contribution in [0.2, 0.25) is 0 Å². The Kier molecular flexibility index (Phi) is 3.33. The van der Waals surface area contributed by atoms with E-state index in [-0.39, 0.29) is 24.3 Å². The SMILES string of the molecule is CC(C)C1C(=O)NCC(=O)N1c1cccc2ccncc12. The van der Waals surface area contributed by atoms with E-state index in [1.54, 1.807) is 17.3 Å². The van der Waals surface area contributed by atoms with Gasteiger partial charge in [0, 0.05) is 17.8 Å². The first-order valence-corrected chi connectivity index (χ1v) is 7.02. The van der Waals surface area contributed by atoms with Crippen molar-refractivity contribution >= 4 is 28.3 Å². The Bertz CT molecular complexity index is 706. The number of amides is 2. The highest BCUT2D eigenvalue weighted by molar-refractivity contribution is 6.11. The van der Waals surface area contributed by atoms with Crippen LogP contribution in [-0.2, 0) is 9.59 Å². The van der Waals surface area contributed by atoms with E-state index >= 15 is 0 Å². The van der Waals surface area contributed by atoms with E-state index in [0.717, 1.165) is 16.5 Å². The minimum atomic E-state index is -0.489. The lowest BCUT2D eigenvalue weighted by molar-refractivity contribution is -0.131. The number of aromatic nitrogens is 1. The van der Waals surface area contributed by atoms with Gasteiger partial charge in [0.1, 0.15) is 6.04 Å². The number of benzene rings is 1. The van der Waals surface area contributed by atoms with Gasteiger partial charge in [0.15, 0.2) is 0 Å². The third-order valence-corrected chi connectivity index (χ3v) is 3.78. The fraction of sp³-hybridized carbons (Fsp3) is 0.312. The predicted molar refractivity (Wildman–Crippen MR) is 80.9 cm³/mol. The number of fused-ring (bicyclic) bond motifs is 1. The quantitative estimate of drug-likeness (QED) is 0.913. The molecule has 0 aliphatic carbocycles. The van der Waals surface area contributed by atoms with Gasteiger partial charge < -0.3 is 5.32 Å². The monoisotopic (exact) mass is 283 g/mol. The summed E-state index contributed by atoms with van der Waals surface area (Å²) in [6.07, 6.45) is 3.46. The molecule has 1 fully saturated rings. The molecule has 5 nitrogen and oxygen atoms in total. The molecule has 108 valence electrons. The zero-order valence-corrected chi connectivity index (χ0v) is 12.0. The number of anilines is 1. The number of nitrogens with one attached hydrogen (secondary N) is 1. The standard InChI is InChI=1S/C16H17N3O2/c1-10(2)15-16(21)18-9-14(20)19(15)13-5-3-4-11-6-7-17-8-12(11)13/h3-8,10,15H,9H2,1-2H3,(H,18,21). The average Bonchev–Trinajstić information content (AvgIpc) is 2.48. The first kappa shape index (κ1) is 13.5. The van der Waals surface area contributed by atoms with E-state index in [1.807, 2.05) is 38.1 Å². The zero-order valence-electron chi connectivity index (χ0n) is 12.0. The molecule has 1 saturated heterocycles. The van der Waals surface area contributed by atoms with Crippen molar-refractivity contribution in [2.45, 2.75) is 19.9 Å². The van der Waals surface area contributed by atoms with Gasteiger partial charge in [0.25, 0.3) is 0 Å². The van der Waals surface area contributed by atoms with Crippen LogP contribution < -0.4 is 10.2 Å². The average molecular weight is 283 g/mol. The summed E-state index contributed by atoms with van der Waals surface area (Å²) in [6, 6.07) is 7.15. The lowest BCUT2D eigenvalue weighted by Gasteiger charge is -2.37. The topological polar surface area (TPSA) is 62.3 Å². The molecule has 2 aromatic rings. The molecule has 1 aliphatic heterocycles. The summed E-state index contributed by atoms with van der Waals surface area (Å²) in [5.74, 6) is -0.170. The van der Waals surface area contributed by atoms with Crippen LogP contribution in [0, 0.1) is 5.92 Å². The lowest BCUT2D eigenvalue weighted by Crippen LogP contribution is -2.60. The predicted octanol–water partition coefficient (Wildman–Crippen LogP) is 1.72. The molecule has 0 radical (unpaired) electrons. The van der Waals surface area contributed by atoms with Crippen molar-refractivity contribution in [3.8, 4) is 0 Å². The first-order valence-electron chi connectivity index (χ1n) is 7.02. The maximum Gasteiger partial charge on any atom is 0.247 e. The van der Waals surface area contributed by atoms with Gasteiger partial charge in [0.05, 0.1) is 12.2 Å². The van der Waals surface area contributed by atoms with Crippen molar-refractivity contribution in [2.24, 2.45) is 5.92 Å². The summed E-state index contributed by atoms with van der Waals surface area (Å²) in [6.45, 7) is 3.93. The van der Waals surface area contributed by atoms with Crippen LogP contribution in [0.5, 0.6) is 0 Å². The van der Waals surface area contributed by atoms with Gasteiger partial charge in [0.2, 0.25) is 11.8 Å². The largest absolute Gasteiger partial charge is 0.345 e. The minimum absolute atomic E-state index is 0.0289. The second kappa shape index (κ2) is 5.16. The van der Waals surface area contributed by atoms with Crippen LogP contribution in [-0.4, -0.2) is 29.4 Å². The molecule has 2 heterocycles. The van der Waals surface area contributed by atoms with E-state index < -0.39 is 6.04 Å². The Labute approximate surface area is 123 Å². The summed E-state index contributed by atoms with van der Waals surface area (Å²) < 4.78 is 0. The van der Waals surface area contributed by atoms with Crippen molar-refractivity contribution in [2.75, 3.05) is 11.4 Å². The molecule has 0 bridgehead atoms. The molecular weight excluding hydrogens is 266 g/mol. The highest BCUT2D eigenvalue weighted by Crippen LogP contribution is 2.30. The van der Waals surface area contributed by atoms with Crippen molar-refractivity contribution < 1.29 is 9.59 Å². The van der Waals surface area contributed by atoms with E-state index in [9.17, 15) is 9.59 Å². The Morgan fingerprint density at radius 2 is 2.10 bits per heavy atom. The summed E-state index contributed by atoms with van der Waals surface area (Å²) in [4.78, 5) is 30.3. The molecule has 1 atom stereocenters. The molecule has 5 heteroatoms. The van der Waals surface area contributed by atoms with Crippen LogP contribution in [0.4, 0.5) is 5.69 Å². The fourth-order valence-corrected chi connectivity index (χ4v) is 2.82. The molecule has 3 rings (SSSR count). The molecule has 21 heavy (non-hydrogen) atoms. The van der Waals surface area contributed by atoms with Gasteiger partial charge in [-0.15, -0.1) is 0 Å². The van der Waals surface area contributed by atoms with Crippen molar-refractivity contribution in [3.05, 3.63) is 36.7 Å². The molecule has 1 N–H and O–H groups in total. The maximum atomic E-state index is 12.4. The molecule has 0 saturated carbocycles. The van der Waals surface area contributed by atoms with Crippen LogP contribution >= 0.6 is 0 Å². The Morgan fingerprint density at radius 3 is 2.86 bits per heavy atom. The number of hydrogen-bond acceptors (Lipinski definition) is 3. The number of carbonyl (C=O) groups is 2. The van der Waals surface area contributed by atoms with Gasteiger partial charge in [-0.3, -0.25) is 19.5 Å². The van der Waals surface area contributed by atoms with Crippen molar-refractivity contribution in [3.63, 3.8) is 0 Å². The van der Waals surface area contributed by atoms with Gasteiger partial charge in [-0.25, -0.2) is 0 Å². The zero-order chi connectivity index (χ0) is 15.0. The maximum absolute atomic E-state index is 12.4. The van der Waals surface area contributed by atoms with E-state index in [1.165, 1.54) is 0 Å². The first-order chi connectivity index (χ1) is 10.1. The number of hydrogen-bond donors (Lipinski definition) is 1. The molecule has 1 unspecified atom stereocenters. The Balaban J connectivity index is 2.18. The highest BCUT2D eigenvalue weighted by Gasteiger charge is 2.38. The van der Waals surface area contributed by atoms with Crippen LogP contribution in [0.25, 0.3) is 10.8 Å². The van der Waals surface area contributed by atoms with E-state index in [0.29, 0.717) is 0 Å². The van der Waals surface area contributed by atoms with Crippen LogP contribution in [0.1, 0.15) is 13.8 Å². The van der Waals surface area contributed by atoms with E-state index in [4.69, 9.17) is 0 Å². The molecule has 1 aromatic carbocycles. The van der Waals surface area contributed by atoms with Gasteiger partial charge in [-0.05, 0) is 23.4 Å². The summed E-state index contributed by atoms with van der Waals surface area (Å²) in [7, 11) is 0. The number of rotatable bonds is 2. The molecular formula is C16H17N3O2. The Hall–Kier alpha value is -2.43. The second-order valence-electron chi connectivity index (χ2n) is 5.54. The molecule has 2 amide bonds. The number of carbonyl (C=O) groups excluding carboxylic acids is 2. The smallest absolute Gasteiger partial charge is 0.247 e. The molecule has 0 spiro atoms. The second-order valence-corrected chi connectivity index (χ2v) is 5.54. The van der Waals surface area contributed by atoms with Gasteiger partial charge in [-0.2, -0.15) is 0 Å². The Morgan fingerprint density at radius 1 is 1.29 bits per heavy atom. The summed E-state index contributed by atoms with van der Waals surface area (Å²) >= 11 is 0. The summed E-state index contributed by atoms with van der Waals surface area (Å²) in [5, 5.41) is 4.55. The third kappa shape index (κ3) is 2.24. The lowest BCUT2D eigenvalue weighted by atomic mass is 9.97. The molecule has 1 aromatic heterocycles. The highest BCUT2D eigenvalue weighted by atomic mass is 16.2.